The minimum absolute atomic E-state index is 0. The molecule has 7 heteroatoms. The Hall–Kier alpha value is -0.850. The van der Waals surface area contributed by atoms with Crippen molar-refractivity contribution in [1.82, 2.24) is 20.0 Å². The molecule has 0 aromatic carbocycles. The van der Waals surface area contributed by atoms with Gasteiger partial charge in [0.25, 0.3) is 0 Å². The molecule has 0 spiro atoms. The average Bonchev–Trinajstić information content (AvgIpc) is 3.16. The van der Waals surface area contributed by atoms with Gasteiger partial charge in [0, 0.05) is 45.7 Å². The van der Waals surface area contributed by atoms with E-state index in [1.807, 2.05) is 9.80 Å². The fraction of sp³-hybridized carbons (Fsp3) is 0.889. The summed E-state index contributed by atoms with van der Waals surface area (Å²) >= 11 is 0. The summed E-state index contributed by atoms with van der Waals surface area (Å²) in [5.74, 6) is 1.03. The molecule has 3 aliphatic rings. The number of piperidine rings is 1. The van der Waals surface area contributed by atoms with Crippen LogP contribution < -0.4 is 5.32 Å². The first-order valence-corrected chi connectivity index (χ1v) is 9.69. The highest BCUT2D eigenvalue weighted by Gasteiger charge is 2.31. The van der Waals surface area contributed by atoms with Gasteiger partial charge in [-0.2, -0.15) is 0 Å². The lowest BCUT2D eigenvalue weighted by Gasteiger charge is -2.36. The van der Waals surface area contributed by atoms with Crippen molar-refractivity contribution in [2.24, 2.45) is 5.92 Å². The molecular formula is C18H33ClN4O2. The minimum atomic E-state index is 0. The Kier molecular flexibility index (Phi) is 7.97. The summed E-state index contributed by atoms with van der Waals surface area (Å²) in [6.45, 7) is 9.60. The maximum absolute atomic E-state index is 12.5. The van der Waals surface area contributed by atoms with Gasteiger partial charge in [-0.25, -0.2) is 0 Å². The standard InChI is InChI=1S/C18H32N4O2.ClH/c1-2-20-10-12-21(13-11-20)17(23)14-15-5-8-22(9-6-15)18(24)16-4-3-7-19-16;/h15-16,19H,2-14H2,1H3;1H. The van der Waals surface area contributed by atoms with Crippen molar-refractivity contribution in [2.45, 2.75) is 45.1 Å². The zero-order chi connectivity index (χ0) is 16.9. The fourth-order valence-electron chi connectivity index (χ4n) is 4.16. The van der Waals surface area contributed by atoms with Crippen LogP contribution in [0.4, 0.5) is 0 Å². The molecule has 0 aromatic heterocycles. The SMILES string of the molecule is CCN1CCN(C(=O)CC2CCN(C(=O)C3CCCN3)CC2)CC1.Cl. The molecule has 3 heterocycles. The molecule has 0 saturated carbocycles. The molecule has 1 N–H and O–H groups in total. The van der Waals surface area contributed by atoms with Crippen molar-refractivity contribution in [3.8, 4) is 0 Å². The van der Waals surface area contributed by atoms with Crippen LogP contribution in [-0.2, 0) is 9.59 Å². The zero-order valence-corrected chi connectivity index (χ0v) is 16.2. The Bertz CT molecular complexity index is 440. The van der Waals surface area contributed by atoms with Crippen LogP contribution in [0.5, 0.6) is 0 Å². The van der Waals surface area contributed by atoms with Crippen molar-refractivity contribution in [3.05, 3.63) is 0 Å². The smallest absolute Gasteiger partial charge is 0.239 e. The normalized spacial score (nSPS) is 25.7. The summed E-state index contributed by atoms with van der Waals surface area (Å²) in [7, 11) is 0. The molecule has 0 aliphatic carbocycles. The highest BCUT2D eigenvalue weighted by molar-refractivity contribution is 5.85. The van der Waals surface area contributed by atoms with Crippen LogP contribution in [0.3, 0.4) is 0 Å². The lowest BCUT2D eigenvalue weighted by molar-refractivity contribution is -0.136. The van der Waals surface area contributed by atoms with Crippen molar-refractivity contribution in [2.75, 3.05) is 52.4 Å². The topological polar surface area (TPSA) is 55.9 Å². The van der Waals surface area contributed by atoms with Crippen LogP contribution in [0.1, 0.15) is 39.0 Å². The van der Waals surface area contributed by atoms with Gasteiger partial charge in [0.05, 0.1) is 6.04 Å². The Labute approximate surface area is 157 Å². The summed E-state index contributed by atoms with van der Waals surface area (Å²) in [6.07, 6.45) is 4.68. The number of carbonyl (C=O) groups excluding carboxylic acids is 2. The third-order valence-electron chi connectivity index (χ3n) is 5.92. The summed E-state index contributed by atoms with van der Waals surface area (Å²) in [5.41, 5.74) is 0. The molecule has 25 heavy (non-hydrogen) atoms. The fourth-order valence-corrected chi connectivity index (χ4v) is 4.16. The first kappa shape index (κ1) is 20.5. The second-order valence-electron chi connectivity index (χ2n) is 7.44. The number of piperazine rings is 1. The van der Waals surface area contributed by atoms with Crippen molar-refractivity contribution in [3.63, 3.8) is 0 Å². The molecule has 3 aliphatic heterocycles. The van der Waals surface area contributed by atoms with Crippen LogP contribution in [-0.4, -0.2) is 84.9 Å². The summed E-state index contributed by atoms with van der Waals surface area (Å²) in [5, 5.41) is 3.29. The molecule has 6 nitrogen and oxygen atoms in total. The number of amides is 2. The molecule has 0 bridgehead atoms. The van der Waals surface area contributed by atoms with E-state index in [2.05, 4.69) is 17.1 Å². The summed E-state index contributed by atoms with van der Waals surface area (Å²) < 4.78 is 0. The number of likely N-dealkylation sites (tertiary alicyclic amines) is 1. The minimum Gasteiger partial charge on any atom is -0.341 e. The molecule has 1 unspecified atom stereocenters. The first-order valence-electron chi connectivity index (χ1n) is 9.69. The maximum atomic E-state index is 12.5. The van der Waals surface area contributed by atoms with Crippen molar-refractivity contribution in [1.29, 1.82) is 0 Å². The molecule has 1 atom stereocenters. The van der Waals surface area contributed by atoms with Crippen LogP contribution >= 0.6 is 12.4 Å². The number of hydrogen-bond acceptors (Lipinski definition) is 4. The highest BCUT2D eigenvalue weighted by Crippen LogP contribution is 2.23. The quantitative estimate of drug-likeness (QED) is 0.798. The average molecular weight is 373 g/mol. The molecule has 0 aromatic rings. The van der Waals surface area contributed by atoms with Gasteiger partial charge in [0.1, 0.15) is 0 Å². The van der Waals surface area contributed by atoms with Gasteiger partial charge in [-0.15, -0.1) is 12.4 Å². The highest BCUT2D eigenvalue weighted by atomic mass is 35.5. The van der Waals surface area contributed by atoms with E-state index in [-0.39, 0.29) is 24.4 Å². The predicted octanol–water partition coefficient (Wildman–Crippen LogP) is 0.953. The number of hydrogen-bond donors (Lipinski definition) is 1. The molecule has 2 amide bonds. The van der Waals surface area contributed by atoms with E-state index < -0.39 is 0 Å². The zero-order valence-electron chi connectivity index (χ0n) is 15.4. The van der Waals surface area contributed by atoms with Crippen molar-refractivity contribution < 1.29 is 9.59 Å². The Morgan fingerprint density at radius 1 is 0.960 bits per heavy atom. The summed E-state index contributed by atoms with van der Waals surface area (Å²) in [6, 6.07) is 0.0399. The lowest BCUT2D eigenvalue weighted by Crippen LogP contribution is -2.49. The van der Waals surface area contributed by atoms with Gasteiger partial charge in [-0.3, -0.25) is 9.59 Å². The first-order chi connectivity index (χ1) is 11.7. The van der Waals surface area contributed by atoms with Crippen LogP contribution in [0.2, 0.25) is 0 Å². The van der Waals surface area contributed by atoms with Gasteiger partial charge in [0.2, 0.25) is 11.8 Å². The lowest BCUT2D eigenvalue weighted by atomic mass is 9.92. The van der Waals surface area contributed by atoms with Crippen LogP contribution in [0, 0.1) is 5.92 Å². The number of nitrogens with zero attached hydrogens (tertiary/aromatic N) is 3. The van der Waals surface area contributed by atoms with Crippen LogP contribution in [0.25, 0.3) is 0 Å². The van der Waals surface area contributed by atoms with Crippen molar-refractivity contribution >= 4 is 24.2 Å². The van der Waals surface area contributed by atoms with E-state index in [9.17, 15) is 9.59 Å². The van der Waals surface area contributed by atoms with Gasteiger partial charge >= 0.3 is 0 Å². The molecule has 144 valence electrons. The Balaban J connectivity index is 0.00000225. The van der Waals surface area contributed by atoms with Gasteiger partial charge in [-0.1, -0.05) is 6.92 Å². The Morgan fingerprint density at radius 3 is 2.20 bits per heavy atom. The monoisotopic (exact) mass is 372 g/mol. The predicted molar refractivity (Wildman–Crippen MR) is 101 cm³/mol. The number of rotatable bonds is 4. The second-order valence-corrected chi connectivity index (χ2v) is 7.44. The van der Waals surface area contributed by atoms with E-state index >= 15 is 0 Å². The third-order valence-corrected chi connectivity index (χ3v) is 5.92. The largest absolute Gasteiger partial charge is 0.341 e. The van der Waals surface area contributed by atoms with E-state index in [1.165, 1.54) is 0 Å². The summed E-state index contributed by atoms with van der Waals surface area (Å²) in [4.78, 5) is 31.4. The van der Waals surface area contributed by atoms with E-state index in [4.69, 9.17) is 0 Å². The number of halogens is 1. The van der Waals surface area contributed by atoms with E-state index in [0.717, 1.165) is 78.0 Å². The van der Waals surface area contributed by atoms with E-state index in [1.54, 1.807) is 0 Å². The van der Waals surface area contributed by atoms with Crippen LogP contribution in [0.15, 0.2) is 0 Å². The molecule has 3 saturated heterocycles. The molecular weight excluding hydrogens is 340 g/mol. The van der Waals surface area contributed by atoms with Gasteiger partial charge in [-0.05, 0) is 44.7 Å². The second kappa shape index (κ2) is 9.74. The number of nitrogens with one attached hydrogen (secondary N) is 1. The number of carbonyl (C=O) groups is 2. The van der Waals surface area contributed by atoms with E-state index in [0.29, 0.717) is 18.2 Å². The van der Waals surface area contributed by atoms with Gasteiger partial charge in [0.15, 0.2) is 0 Å². The maximum Gasteiger partial charge on any atom is 0.239 e. The molecule has 3 rings (SSSR count). The molecule has 0 radical (unpaired) electrons. The third kappa shape index (κ3) is 5.31. The Morgan fingerprint density at radius 2 is 1.64 bits per heavy atom. The number of likely N-dealkylation sites (N-methyl/N-ethyl adjacent to an activating group) is 1. The molecule has 3 fully saturated rings. The van der Waals surface area contributed by atoms with Gasteiger partial charge < -0.3 is 20.0 Å².